The van der Waals surface area contributed by atoms with Crippen molar-refractivity contribution in [2.45, 2.75) is 6.61 Å². The Hall–Kier alpha value is -1.81. The summed E-state index contributed by atoms with van der Waals surface area (Å²) in [6, 6.07) is 13.0. The second kappa shape index (κ2) is 6.38. The number of aldehydes is 1. The molecule has 0 radical (unpaired) electrons. The van der Waals surface area contributed by atoms with Gasteiger partial charge in [0.15, 0.2) is 6.29 Å². The fourth-order valence-corrected chi connectivity index (χ4v) is 2.18. The highest BCUT2D eigenvalue weighted by atomic mass is 79.9. The Labute approximate surface area is 120 Å². The largest absolute Gasteiger partial charge is 0.497 e. The maximum atomic E-state index is 11.0. The van der Waals surface area contributed by atoms with E-state index in [0.717, 1.165) is 22.1 Å². The fraction of sp³-hybridized carbons (Fsp3) is 0.133. The number of para-hydroxylation sites is 1. The molecule has 2 rings (SSSR count). The standard InChI is InChI=1S/C15H13BrO3/c1-18-13-6-2-4-11(8-13)10-19-15-12(9-17)5-3-7-14(15)16/h2-9H,10H2,1H3. The van der Waals surface area contributed by atoms with Gasteiger partial charge in [0.1, 0.15) is 18.1 Å². The van der Waals surface area contributed by atoms with Crippen LogP contribution in [0.25, 0.3) is 0 Å². The van der Waals surface area contributed by atoms with Crippen LogP contribution in [0.2, 0.25) is 0 Å². The summed E-state index contributed by atoms with van der Waals surface area (Å²) in [6.45, 7) is 0.376. The lowest BCUT2D eigenvalue weighted by Gasteiger charge is -2.11. The molecule has 0 bridgehead atoms. The van der Waals surface area contributed by atoms with Crippen LogP contribution in [0, 0.1) is 0 Å². The van der Waals surface area contributed by atoms with Gasteiger partial charge in [0, 0.05) is 0 Å². The quantitative estimate of drug-likeness (QED) is 0.785. The zero-order chi connectivity index (χ0) is 13.7. The van der Waals surface area contributed by atoms with Crippen molar-refractivity contribution in [3.8, 4) is 11.5 Å². The maximum Gasteiger partial charge on any atom is 0.153 e. The van der Waals surface area contributed by atoms with E-state index < -0.39 is 0 Å². The molecule has 0 unspecified atom stereocenters. The van der Waals surface area contributed by atoms with Gasteiger partial charge < -0.3 is 9.47 Å². The molecule has 98 valence electrons. The van der Waals surface area contributed by atoms with Crippen molar-refractivity contribution in [2.24, 2.45) is 0 Å². The molecule has 0 N–H and O–H groups in total. The molecule has 2 aromatic rings. The third-order valence-corrected chi connectivity index (χ3v) is 3.27. The van der Waals surface area contributed by atoms with Crippen molar-refractivity contribution in [2.75, 3.05) is 7.11 Å². The molecule has 19 heavy (non-hydrogen) atoms. The topological polar surface area (TPSA) is 35.5 Å². The van der Waals surface area contributed by atoms with Gasteiger partial charge in [-0.1, -0.05) is 18.2 Å². The van der Waals surface area contributed by atoms with Gasteiger partial charge in [-0.2, -0.15) is 0 Å². The summed E-state index contributed by atoms with van der Waals surface area (Å²) < 4.78 is 11.6. The number of halogens is 1. The Bertz CT molecular complexity index is 581. The highest BCUT2D eigenvalue weighted by molar-refractivity contribution is 9.10. The maximum absolute atomic E-state index is 11.0. The SMILES string of the molecule is COc1cccc(COc2c(Br)cccc2C=O)c1. The molecule has 0 aliphatic heterocycles. The number of ether oxygens (including phenoxy) is 2. The number of hydrogen-bond donors (Lipinski definition) is 0. The lowest BCUT2D eigenvalue weighted by molar-refractivity contribution is 0.111. The zero-order valence-electron chi connectivity index (χ0n) is 10.4. The van der Waals surface area contributed by atoms with Gasteiger partial charge in [-0.05, 0) is 45.8 Å². The third-order valence-electron chi connectivity index (χ3n) is 2.64. The van der Waals surface area contributed by atoms with Gasteiger partial charge in [0.2, 0.25) is 0 Å². The van der Waals surface area contributed by atoms with E-state index in [4.69, 9.17) is 9.47 Å². The number of methoxy groups -OCH3 is 1. The van der Waals surface area contributed by atoms with Gasteiger partial charge in [-0.3, -0.25) is 4.79 Å². The molecule has 4 heteroatoms. The average molecular weight is 321 g/mol. The van der Waals surface area contributed by atoms with Crippen molar-refractivity contribution in [1.29, 1.82) is 0 Å². The van der Waals surface area contributed by atoms with E-state index in [0.29, 0.717) is 17.9 Å². The smallest absolute Gasteiger partial charge is 0.153 e. The molecule has 0 aromatic heterocycles. The van der Waals surface area contributed by atoms with Crippen LogP contribution >= 0.6 is 15.9 Å². The van der Waals surface area contributed by atoms with Gasteiger partial charge >= 0.3 is 0 Å². The van der Waals surface area contributed by atoms with E-state index in [1.165, 1.54) is 0 Å². The van der Waals surface area contributed by atoms with Crippen molar-refractivity contribution in [3.63, 3.8) is 0 Å². The van der Waals surface area contributed by atoms with Gasteiger partial charge in [0.05, 0.1) is 17.1 Å². The van der Waals surface area contributed by atoms with Crippen molar-refractivity contribution < 1.29 is 14.3 Å². The number of rotatable bonds is 5. The molecule has 0 saturated carbocycles. The molecule has 0 aliphatic carbocycles. The summed E-state index contributed by atoms with van der Waals surface area (Å²) in [7, 11) is 1.62. The Morgan fingerprint density at radius 3 is 2.74 bits per heavy atom. The highest BCUT2D eigenvalue weighted by Gasteiger charge is 2.07. The summed E-state index contributed by atoms with van der Waals surface area (Å²) in [4.78, 5) is 11.0. The molecule has 0 amide bonds. The Balaban J connectivity index is 2.16. The third kappa shape index (κ3) is 3.35. The van der Waals surface area contributed by atoms with Crippen LogP contribution < -0.4 is 9.47 Å². The fourth-order valence-electron chi connectivity index (χ4n) is 1.69. The van der Waals surface area contributed by atoms with E-state index in [1.807, 2.05) is 30.3 Å². The predicted octanol–water partition coefficient (Wildman–Crippen LogP) is 3.85. The van der Waals surface area contributed by atoms with Crippen molar-refractivity contribution in [1.82, 2.24) is 0 Å². The highest BCUT2D eigenvalue weighted by Crippen LogP contribution is 2.29. The number of carbonyl (C=O) groups excluding carboxylic acids is 1. The van der Waals surface area contributed by atoms with Crippen molar-refractivity contribution >= 4 is 22.2 Å². The van der Waals surface area contributed by atoms with Crippen LogP contribution in [0.1, 0.15) is 15.9 Å². The number of benzene rings is 2. The van der Waals surface area contributed by atoms with E-state index in [2.05, 4.69) is 15.9 Å². The Morgan fingerprint density at radius 1 is 1.21 bits per heavy atom. The lowest BCUT2D eigenvalue weighted by Crippen LogP contribution is -1.99. The molecule has 0 spiro atoms. The first-order chi connectivity index (χ1) is 9.24. The van der Waals surface area contributed by atoms with E-state index in [-0.39, 0.29) is 0 Å². The van der Waals surface area contributed by atoms with Crippen LogP contribution in [0.4, 0.5) is 0 Å². The zero-order valence-corrected chi connectivity index (χ0v) is 12.0. The monoisotopic (exact) mass is 320 g/mol. The summed E-state index contributed by atoms with van der Waals surface area (Å²) in [5.74, 6) is 1.34. The predicted molar refractivity (Wildman–Crippen MR) is 76.9 cm³/mol. The first-order valence-corrected chi connectivity index (χ1v) is 6.53. The van der Waals surface area contributed by atoms with E-state index >= 15 is 0 Å². The minimum absolute atomic E-state index is 0.376. The van der Waals surface area contributed by atoms with Crippen LogP contribution in [0.5, 0.6) is 11.5 Å². The molecule has 3 nitrogen and oxygen atoms in total. The summed E-state index contributed by atoms with van der Waals surface area (Å²) >= 11 is 3.38. The average Bonchev–Trinajstić information content (AvgIpc) is 2.46. The summed E-state index contributed by atoms with van der Waals surface area (Å²) in [5, 5.41) is 0. The number of hydrogen-bond acceptors (Lipinski definition) is 3. The molecule has 0 fully saturated rings. The van der Waals surface area contributed by atoms with Crippen LogP contribution in [-0.2, 0) is 6.61 Å². The normalized spacial score (nSPS) is 10.0. The van der Waals surface area contributed by atoms with Gasteiger partial charge in [0.25, 0.3) is 0 Å². The van der Waals surface area contributed by atoms with Crippen molar-refractivity contribution in [3.05, 3.63) is 58.1 Å². The van der Waals surface area contributed by atoms with Crippen LogP contribution in [-0.4, -0.2) is 13.4 Å². The van der Waals surface area contributed by atoms with E-state index in [1.54, 1.807) is 19.2 Å². The Morgan fingerprint density at radius 2 is 2.00 bits per heavy atom. The first kappa shape index (κ1) is 13.6. The molecule has 2 aromatic carbocycles. The molecule has 0 atom stereocenters. The first-order valence-electron chi connectivity index (χ1n) is 5.74. The Kier molecular flexibility index (Phi) is 4.58. The van der Waals surface area contributed by atoms with Gasteiger partial charge in [-0.15, -0.1) is 0 Å². The molecular formula is C15H13BrO3. The molecule has 0 saturated heterocycles. The van der Waals surface area contributed by atoms with Crippen LogP contribution in [0.3, 0.4) is 0 Å². The van der Waals surface area contributed by atoms with Gasteiger partial charge in [-0.25, -0.2) is 0 Å². The second-order valence-electron chi connectivity index (χ2n) is 3.92. The molecule has 0 aliphatic rings. The minimum Gasteiger partial charge on any atom is -0.497 e. The summed E-state index contributed by atoms with van der Waals surface area (Å²) in [5.41, 5.74) is 1.50. The second-order valence-corrected chi connectivity index (χ2v) is 4.77. The van der Waals surface area contributed by atoms with E-state index in [9.17, 15) is 4.79 Å². The molecular weight excluding hydrogens is 308 g/mol. The summed E-state index contributed by atoms with van der Waals surface area (Å²) in [6.07, 6.45) is 0.783. The van der Waals surface area contributed by atoms with Crippen LogP contribution in [0.15, 0.2) is 46.9 Å². The number of carbonyl (C=O) groups is 1. The lowest BCUT2D eigenvalue weighted by atomic mass is 10.2. The molecule has 0 heterocycles. The minimum atomic E-state index is 0.376.